The Labute approximate surface area is 168 Å². The highest BCUT2D eigenvalue weighted by molar-refractivity contribution is 6.36. The molecule has 2 aliphatic rings. The molecule has 1 aliphatic carbocycles. The van der Waals surface area contributed by atoms with Crippen molar-refractivity contribution in [3.05, 3.63) is 81.9 Å². The summed E-state index contributed by atoms with van der Waals surface area (Å²) in [6.45, 7) is 0. The van der Waals surface area contributed by atoms with Crippen LogP contribution in [0.1, 0.15) is 29.5 Å². The van der Waals surface area contributed by atoms with Crippen LogP contribution in [0, 0.1) is 5.92 Å². The summed E-state index contributed by atoms with van der Waals surface area (Å²) in [6, 6.07) is 16.6. The third-order valence-electron chi connectivity index (χ3n) is 5.85. The monoisotopic (exact) mass is 395 g/mol. The van der Waals surface area contributed by atoms with Crippen molar-refractivity contribution in [2.45, 2.75) is 18.4 Å². The molecule has 2 nitrogen and oxygen atoms in total. The first-order valence-electron chi connectivity index (χ1n) is 9.15. The van der Waals surface area contributed by atoms with Crippen molar-refractivity contribution in [2.75, 3.05) is 12.4 Å². The SMILES string of the molecule is COc1ccc2ccccc2c1C1Nc2c(Cl)cc(Cl)cc2C2C=CCC21. The van der Waals surface area contributed by atoms with Crippen molar-refractivity contribution in [3.63, 3.8) is 0 Å². The van der Waals surface area contributed by atoms with Crippen molar-refractivity contribution < 1.29 is 4.74 Å². The van der Waals surface area contributed by atoms with Crippen molar-refractivity contribution >= 4 is 39.7 Å². The van der Waals surface area contributed by atoms with Gasteiger partial charge in [0, 0.05) is 16.5 Å². The van der Waals surface area contributed by atoms with Gasteiger partial charge < -0.3 is 10.1 Å². The lowest BCUT2D eigenvalue weighted by molar-refractivity contribution is 0.383. The molecule has 0 saturated carbocycles. The smallest absolute Gasteiger partial charge is 0.124 e. The van der Waals surface area contributed by atoms with Crippen molar-refractivity contribution in [2.24, 2.45) is 5.92 Å². The molecule has 1 aliphatic heterocycles. The van der Waals surface area contributed by atoms with Gasteiger partial charge in [0.1, 0.15) is 5.75 Å². The van der Waals surface area contributed by atoms with E-state index in [-0.39, 0.29) is 6.04 Å². The Bertz CT molecular complexity index is 1080. The highest BCUT2D eigenvalue weighted by Gasteiger charge is 2.40. The highest BCUT2D eigenvalue weighted by Crippen LogP contribution is 2.54. The fourth-order valence-corrected chi connectivity index (χ4v) is 5.24. The van der Waals surface area contributed by atoms with Gasteiger partial charge in [0.15, 0.2) is 0 Å². The van der Waals surface area contributed by atoms with Gasteiger partial charge in [-0.1, -0.05) is 65.7 Å². The van der Waals surface area contributed by atoms with Crippen LogP contribution in [-0.2, 0) is 0 Å². The Morgan fingerprint density at radius 1 is 1.07 bits per heavy atom. The molecule has 0 amide bonds. The van der Waals surface area contributed by atoms with Crippen LogP contribution < -0.4 is 10.1 Å². The molecule has 136 valence electrons. The minimum absolute atomic E-state index is 0.109. The van der Waals surface area contributed by atoms with E-state index in [4.69, 9.17) is 27.9 Å². The van der Waals surface area contributed by atoms with Crippen LogP contribution in [-0.4, -0.2) is 7.11 Å². The van der Waals surface area contributed by atoms with Crippen LogP contribution in [0.15, 0.2) is 60.7 Å². The first kappa shape index (κ1) is 17.0. The molecule has 0 radical (unpaired) electrons. The number of benzene rings is 3. The number of methoxy groups -OCH3 is 1. The summed E-state index contributed by atoms with van der Waals surface area (Å²) < 4.78 is 5.78. The Morgan fingerprint density at radius 3 is 2.78 bits per heavy atom. The maximum absolute atomic E-state index is 6.58. The van der Waals surface area contributed by atoms with Crippen LogP contribution in [0.5, 0.6) is 5.75 Å². The number of rotatable bonds is 2. The van der Waals surface area contributed by atoms with Crippen molar-refractivity contribution in [3.8, 4) is 5.75 Å². The van der Waals surface area contributed by atoms with Gasteiger partial charge in [0.2, 0.25) is 0 Å². The Morgan fingerprint density at radius 2 is 1.93 bits per heavy atom. The fourth-order valence-electron chi connectivity index (χ4n) is 4.68. The molecule has 1 N–H and O–H groups in total. The lowest BCUT2D eigenvalue weighted by Crippen LogP contribution is -2.29. The van der Waals surface area contributed by atoms with Crippen LogP contribution >= 0.6 is 23.2 Å². The fraction of sp³-hybridized carbons (Fsp3) is 0.217. The van der Waals surface area contributed by atoms with E-state index < -0.39 is 0 Å². The van der Waals surface area contributed by atoms with Crippen LogP contribution in [0.3, 0.4) is 0 Å². The molecule has 3 unspecified atom stereocenters. The van der Waals surface area contributed by atoms with Gasteiger partial charge in [-0.15, -0.1) is 0 Å². The summed E-state index contributed by atoms with van der Waals surface area (Å²) in [5, 5.41) is 7.51. The van der Waals surface area contributed by atoms with Crippen molar-refractivity contribution in [1.82, 2.24) is 0 Å². The summed E-state index contributed by atoms with van der Waals surface area (Å²) >= 11 is 12.9. The van der Waals surface area contributed by atoms with E-state index in [1.807, 2.05) is 12.1 Å². The van der Waals surface area contributed by atoms with Gasteiger partial charge >= 0.3 is 0 Å². The van der Waals surface area contributed by atoms with E-state index in [0.29, 0.717) is 21.9 Å². The summed E-state index contributed by atoms with van der Waals surface area (Å²) in [7, 11) is 1.74. The molecule has 3 aromatic carbocycles. The second-order valence-electron chi connectivity index (χ2n) is 7.23. The maximum Gasteiger partial charge on any atom is 0.124 e. The third-order valence-corrected chi connectivity index (χ3v) is 6.36. The molecule has 0 spiro atoms. The summed E-state index contributed by atoms with van der Waals surface area (Å²) in [6.07, 6.45) is 5.57. The number of anilines is 1. The quantitative estimate of drug-likeness (QED) is 0.472. The zero-order valence-electron chi connectivity index (χ0n) is 14.9. The van der Waals surface area contributed by atoms with E-state index in [9.17, 15) is 0 Å². The van der Waals surface area contributed by atoms with Gasteiger partial charge in [0.25, 0.3) is 0 Å². The average Bonchev–Trinajstić information content (AvgIpc) is 3.17. The Hall–Kier alpha value is -2.16. The van der Waals surface area contributed by atoms with E-state index in [1.165, 1.54) is 21.9 Å². The Kier molecular flexibility index (Phi) is 4.07. The number of hydrogen-bond acceptors (Lipinski definition) is 2. The van der Waals surface area contributed by atoms with E-state index in [0.717, 1.165) is 17.9 Å². The van der Waals surface area contributed by atoms with Crippen LogP contribution in [0.25, 0.3) is 10.8 Å². The Balaban J connectivity index is 1.74. The molecule has 27 heavy (non-hydrogen) atoms. The molecule has 0 fully saturated rings. The van der Waals surface area contributed by atoms with Gasteiger partial charge in [0.05, 0.1) is 23.9 Å². The molecule has 4 heteroatoms. The second-order valence-corrected chi connectivity index (χ2v) is 8.07. The molecular formula is C23H19Cl2NO. The average molecular weight is 396 g/mol. The number of hydrogen-bond donors (Lipinski definition) is 1. The normalized spacial score (nSPS) is 23.0. The first-order valence-corrected chi connectivity index (χ1v) is 9.90. The molecule has 1 heterocycles. The minimum Gasteiger partial charge on any atom is -0.496 e. The topological polar surface area (TPSA) is 21.3 Å². The largest absolute Gasteiger partial charge is 0.496 e. The zero-order chi connectivity index (χ0) is 18.5. The predicted octanol–water partition coefficient (Wildman–Crippen LogP) is 6.98. The number of allylic oxidation sites excluding steroid dienone is 2. The summed E-state index contributed by atoms with van der Waals surface area (Å²) in [4.78, 5) is 0. The van der Waals surface area contributed by atoms with Gasteiger partial charge in [-0.05, 0) is 46.9 Å². The van der Waals surface area contributed by atoms with Gasteiger partial charge in [-0.25, -0.2) is 0 Å². The maximum atomic E-state index is 6.58. The number of fused-ring (bicyclic) bond motifs is 4. The standard InChI is InChI=1S/C23H19Cl2NO/c1-27-20-10-9-13-5-2-3-6-15(13)21(20)23-17-8-4-7-16(17)18-11-14(24)12-19(25)22(18)26-23/h2-7,9-12,16-17,23,26H,8H2,1H3. The number of nitrogens with one attached hydrogen (secondary N) is 1. The van der Waals surface area contributed by atoms with E-state index in [2.05, 4.69) is 53.9 Å². The minimum atomic E-state index is 0.109. The van der Waals surface area contributed by atoms with Crippen LogP contribution in [0.4, 0.5) is 5.69 Å². The van der Waals surface area contributed by atoms with Crippen molar-refractivity contribution in [1.29, 1.82) is 0 Å². The molecular weight excluding hydrogens is 377 g/mol. The molecule has 3 atom stereocenters. The molecule has 3 aromatic rings. The lowest BCUT2D eigenvalue weighted by atomic mass is 9.76. The number of halogens is 2. The molecule has 0 saturated heterocycles. The predicted molar refractivity (Wildman–Crippen MR) is 113 cm³/mol. The molecule has 5 rings (SSSR count). The summed E-state index contributed by atoms with van der Waals surface area (Å²) in [5.41, 5.74) is 3.36. The first-order chi connectivity index (χ1) is 13.2. The van der Waals surface area contributed by atoms with E-state index in [1.54, 1.807) is 7.11 Å². The third kappa shape index (κ3) is 2.62. The molecule has 0 aromatic heterocycles. The second kappa shape index (κ2) is 6.47. The lowest BCUT2D eigenvalue weighted by Gasteiger charge is -2.39. The number of ether oxygens (including phenoxy) is 1. The van der Waals surface area contributed by atoms with Gasteiger partial charge in [-0.3, -0.25) is 0 Å². The van der Waals surface area contributed by atoms with Gasteiger partial charge in [-0.2, -0.15) is 0 Å². The van der Waals surface area contributed by atoms with E-state index >= 15 is 0 Å². The summed E-state index contributed by atoms with van der Waals surface area (Å²) in [5.74, 6) is 1.60. The van der Waals surface area contributed by atoms with Crippen LogP contribution in [0.2, 0.25) is 10.0 Å². The molecule has 0 bridgehead atoms. The highest BCUT2D eigenvalue weighted by atomic mass is 35.5. The zero-order valence-corrected chi connectivity index (χ0v) is 16.4.